The molecule has 0 bridgehead atoms. The first-order valence-electron chi connectivity index (χ1n) is 8.58. The molecule has 0 aliphatic rings. The summed E-state index contributed by atoms with van der Waals surface area (Å²) in [5.74, 6) is -0.961. The Labute approximate surface area is 166 Å². The summed E-state index contributed by atoms with van der Waals surface area (Å²) in [7, 11) is -2.67. The van der Waals surface area contributed by atoms with Crippen molar-refractivity contribution in [1.82, 2.24) is 23.8 Å². The summed E-state index contributed by atoms with van der Waals surface area (Å²) in [5.41, 5.74) is 6.80. The highest BCUT2D eigenvalue weighted by Gasteiger charge is 2.23. The van der Waals surface area contributed by atoms with Crippen molar-refractivity contribution in [3.8, 4) is 0 Å². The Kier molecular flexibility index (Phi) is 6.03. The molecule has 12 heteroatoms. The van der Waals surface area contributed by atoms with Crippen molar-refractivity contribution in [2.45, 2.75) is 17.9 Å². The number of ether oxygens (including phenoxy) is 1. The van der Waals surface area contributed by atoms with Crippen LogP contribution in [0, 0.1) is 5.82 Å². The molecule has 154 valence electrons. The van der Waals surface area contributed by atoms with Gasteiger partial charge in [-0.15, -0.1) is 0 Å². The number of anilines is 1. The zero-order valence-corrected chi connectivity index (χ0v) is 16.3. The summed E-state index contributed by atoms with van der Waals surface area (Å²) in [6.07, 6.45) is 3.38. The number of esters is 1. The van der Waals surface area contributed by atoms with Crippen LogP contribution in [0.15, 0.2) is 41.8 Å². The molecule has 0 unspecified atom stereocenters. The first-order chi connectivity index (χ1) is 13.8. The van der Waals surface area contributed by atoms with E-state index in [0.717, 1.165) is 28.6 Å². The molecule has 0 atom stereocenters. The number of hydrogen-bond acceptors (Lipinski definition) is 8. The van der Waals surface area contributed by atoms with Gasteiger partial charge in [-0.05, 0) is 30.7 Å². The molecule has 0 spiro atoms. The molecule has 0 fully saturated rings. The number of carbonyl (C=O) groups excluding carboxylic acids is 1. The fraction of sp³-hybridized carbons (Fsp3) is 0.294. The second-order valence-corrected chi connectivity index (χ2v) is 8.20. The van der Waals surface area contributed by atoms with Gasteiger partial charge in [0.15, 0.2) is 11.5 Å². The molecule has 29 heavy (non-hydrogen) atoms. The van der Waals surface area contributed by atoms with E-state index in [-0.39, 0.29) is 17.3 Å². The molecule has 1 aromatic carbocycles. The molecule has 0 saturated carbocycles. The second kappa shape index (κ2) is 8.49. The minimum atomic E-state index is -3.92. The molecule has 3 aromatic rings. The molecular formula is C17H19FN6O4S. The quantitative estimate of drug-likeness (QED) is 0.416. The summed E-state index contributed by atoms with van der Waals surface area (Å²) >= 11 is 0. The molecule has 2 heterocycles. The Balaban J connectivity index is 1.49. The number of fused-ring (bicyclic) bond motifs is 1. The molecule has 0 radical (unpaired) electrons. The van der Waals surface area contributed by atoms with Crippen molar-refractivity contribution in [3.63, 3.8) is 0 Å². The number of imidazole rings is 1. The number of rotatable bonds is 8. The highest BCUT2D eigenvalue weighted by molar-refractivity contribution is 7.89. The van der Waals surface area contributed by atoms with Crippen LogP contribution in [-0.4, -0.2) is 58.4 Å². The van der Waals surface area contributed by atoms with Gasteiger partial charge in [0.2, 0.25) is 10.0 Å². The molecule has 2 aromatic heterocycles. The summed E-state index contributed by atoms with van der Waals surface area (Å²) in [6.45, 7) is 0.102. The van der Waals surface area contributed by atoms with Gasteiger partial charge < -0.3 is 15.0 Å². The van der Waals surface area contributed by atoms with Crippen molar-refractivity contribution in [2.75, 3.05) is 25.9 Å². The fourth-order valence-corrected chi connectivity index (χ4v) is 3.70. The Morgan fingerprint density at radius 1 is 1.24 bits per heavy atom. The minimum absolute atomic E-state index is 0.0868. The first kappa shape index (κ1) is 20.6. The lowest BCUT2D eigenvalue weighted by Crippen LogP contribution is -2.33. The number of likely N-dealkylation sites (N-methyl/N-ethyl adjacent to an activating group) is 1. The van der Waals surface area contributed by atoms with E-state index in [9.17, 15) is 17.6 Å². The number of nitrogens with two attached hydrogens (primary N) is 1. The highest BCUT2D eigenvalue weighted by Crippen LogP contribution is 2.15. The molecule has 0 aliphatic carbocycles. The number of hydrogen-bond donors (Lipinski definition) is 1. The van der Waals surface area contributed by atoms with Crippen molar-refractivity contribution in [2.24, 2.45) is 0 Å². The van der Waals surface area contributed by atoms with Crippen LogP contribution in [0.3, 0.4) is 0 Å². The molecule has 0 amide bonds. The monoisotopic (exact) mass is 422 g/mol. The number of sulfonamides is 1. The third-order valence-corrected chi connectivity index (χ3v) is 5.93. The number of carbonyl (C=O) groups is 1. The first-order valence-corrected chi connectivity index (χ1v) is 10.0. The number of benzene rings is 1. The van der Waals surface area contributed by atoms with E-state index >= 15 is 0 Å². The van der Waals surface area contributed by atoms with Gasteiger partial charge in [0.05, 0.1) is 17.8 Å². The Bertz CT molecular complexity index is 1120. The predicted molar refractivity (Wildman–Crippen MR) is 102 cm³/mol. The van der Waals surface area contributed by atoms with Crippen LogP contribution in [0.2, 0.25) is 0 Å². The molecule has 3 rings (SSSR count). The van der Waals surface area contributed by atoms with Gasteiger partial charge in [-0.2, -0.15) is 4.31 Å². The zero-order chi connectivity index (χ0) is 21.0. The maximum Gasteiger partial charge on any atom is 0.321 e. The van der Waals surface area contributed by atoms with E-state index < -0.39 is 28.4 Å². The lowest BCUT2D eigenvalue weighted by atomic mass is 10.4. The number of halogens is 1. The molecule has 10 nitrogen and oxygen atoms in total. The normalized spacial score (nSPS) is 11.8. The maximum atomic E-state index is 13.0. The van der Waals surface area contributed by atoms with Gasteiger partial charge in [0, 0.05) is 13.6 Å². The van der Waals surface area contributed by atoms with Crippen molar-refractivity contribution < 1.29 is 22.3 Å². The Hall–Kier alpha value is -3.12. The van der Waals surface area contributed by atoms with Crippen LogP contribution in [0.5, 0.6) is 0 Å². The van der Waals surface area contributed by atoms with E-state index in [1.807, 2.05) is 0 Å². The van der Waals surface area contributed by atoms with Crippen LogP contribution in [0.4, 0.5) is 10.2 Å². The highest BCUT2D eigenvalue weighted by atomic mass is 32.2. The second-order valence-electron chi connectivity index (χ2n) is 6.16. The maximum absolute atomic E-state index is 13.0. The number of nitrogens with zero attached hydrogens (tertiary/aromatic N) is 5. The summed E-state index contributed by atoms with van der Waals surface area (Å²) in [5, 5.41) is 0. The predicted octanol–water partition coefficient (Wildman–Crippen LogP) is 0.802. The number of nitrogen functional groups attached to an aromatic ring is 1. The van der Waals surface area contributed by atoms with Crippen molar-refractivity contribution >= 4 is 33.0 Å². The van der Waals surface area contributed by atoms with E-state index in [1.54, 1.807) is 10.9 Å². The van der Waals surface area contributed by atoms with Crippen LogP contribution >= 0.6 is 0 Å². The SMILES string of the molecule is CN(CC(=O)OCCCn1cnc2c(N)ncnc21)S(=O)(=O)c1ccc(F)cc1. The van der Waals surface area contributed by atoms with Gasteiger partial charge in [-0.25, -0.2) is 27.8 Å². The third-order valence-electron chi connectivity index (χ3n) is 4.11. The summed E-state index contributed by atoms with van der Waals surface area (Å²) < 4.78 is 45.4. The molecular weight excluding hydrogens is 403 g/mol. The van der Waals surface area contributed by atoms with Crippen LogP contribution < -0.4 is 5.73 Å². The van der Waals surface area contributed by atoms with E-state index in [1.165, 1.54) is 13.4 Å². The number of aromatic nitrogens is 4. The van der Waals surface area contributed by atoms with Gasteiger partial charge in [0.1, 0.15) is 24.2 Å². The fourth-order valence-electron chi connectivity index (χ4n) is 2.58. The van der Waals surface area contributed by atoms with Crippen molar-refractivity contribution in [3.05, 3.63) is 42.7 Å². The van der Waals surface area contributed by atoms with Gasteiger partial charge in [0.25, 0.3) is 0 Å². The third kappa shape index (κ3) is 4.66. The summed E-state index contributed by atoms with van der Waals surface area (Å²) in [4.78, 5) is 24.0. The largest absolute Gasteiger partial charge is 0.465 e. The van der Waals surface area contributed by atoms with E-state index in [4.69, 9.17) is 10.5 Å². The lowest BCUT2D eigenvalue weighted by molar-refractivity contribution is -0.143. The van der Waals surface area contributed by atoms with Crippen molar-refractivity contribution in [1.29, 1.82) is 0 Å². The molecule has 0 aliphatic heterocycles. The van der Waals surface area contributed by atoms with Crippen LogP contribution in [0.1, 0.15) is 6.42 Å². The minimum Gasteiger partial charge on any atom is -0.465 e. The lowest BCUT2D eigenvalue weighted by Gasteiger charge is -2.16. The summed E-state index contributed by atoms with van der Waals surface area (Å²) in [6, 6.07) is 4.35. The number of aryl methyl sites for hydroxylation is 1. The van der Waals surface area contributed by atoms with E-state index in [2.05, 4.69) is 15.0 Å². The van der Waals surface area contributed by atoms with Gasteiger partial charge >= 0.3 is 5.97 Å². The average Bonchev–Trinajstić information content (AvgIpc) is 3.10. The Morgan fingerprint density at radius 3 is 2.69 bits per heavy atom. The average molecular weight is 422 g/mol. The zero-order valence-electron chi connectivity index (χ0n) is 15.5. The van der Waals surface area contributed by atoms with Crippen LogP contribution in [0.25, 0.3) is 11.2 Å². The van der Waals surface area contributed by atoms with Gasteiger partial charge in [-0.1, -0.05) is 0 Å². The van der Waals surface area contributed by atoms with E-state index in [0.29, 0.717) is 24.1 Å². The Morgan fingerprint density at radius 2 is 1.97 bits per heavy atom. The topological polar surface area (TPSA) is 133 Å². The van der Waals surface area contributed by atoms with Gasteiger partial charge in [-0.3, -0.25) is 4.79 Å². The smallest absolute Gasteiger partial charge is 0.321 e. The molecule has 2 N–H and O–H groups in total. The standard InChI is InChI=1S/C17H19FN6O4S/c1-23(29(26,27)13-5-3-12(18)4-6-13)9-14(25)28-8-2-7-24-11-22-15-16(19)20-10-21-17(15)24/h3-6,10-11H,2,7-9H2,1H3,(H2,19,20,21). The molecule has 0 saturated heterocycles. The van der Waals surface area contributed by atoms with Crippen LogP contribution in [-0.2, 0) is 26.1 Å².